The Hall–Kier alpha value is -1.31. The molecule has 0 aliphatic heterocycles. The molecule has 18 heavy (non-hydrogen) atoms. The first-order chi connectivity index (χ1) is 8.63. The number of hydrogen-bond acceptors (Lipinski definition) is 2. The van der Waals surface area contributed by atoms with Crippen molar-refractivity contribution >= 4 is 6.21 Å². The predicted octanol–water partition coefficient (Wildman–Crippen LogP) is 3.62. The van der Waals surface area contributed by atoms with E-state index in [9.17, 15) is 5.11 Å². The molecule has 1 aromatic carbocycles. The number of fused-ring (bicyclic) bond motifs is 2. The van der Waals surface area contributed by atoms with Gasteiger partial charge in [-0.05, 0) is 62.1 Å². The quantitative estimate of drug-likeness (QED) is 0.791. The molecule has 0 aromatic heterocycles. The lowest BCUT2D eigenvalue weighted by atomic mass is 9.96. The third kappa shape index (κ3) is 2.05. The summed E-state index contributed by atoms with van der Waals surface area (Å²) in [5.74, 6) is 2.11. The third-order valence-electron chi connectivity index (χ3n) is 4.58. The number of rotatable bonds is 2. The number of aryl methyl sites for hydroxylation is 2. The van der Waals surface area contributed by atoms with Gasteiger partial charge in [-0.1, -0.05) is 12.5 Å². The molecule has 3 atom stereocenters. The molecular formula is C16H21NO. The van der Waals surface area contributed by atoms with Gasteiger partial charge in [0.1, 0.15) is 5.75 Å². The number of hydrogen-bond donors (Lipinski definition) is 1. The molecule has 0 radical (unpaired) electrons. The van der Waals surface area contributed by atoms with Crippen LogP contribution < -0.4 is 0 Å². The molecule has 0 saturated heterocycles. The van der Waals surface area contributed by atoms with Gasteiger partial charge < -0.3 is 5.11 Å². The Labute approximate surface area is 109 Å². The first kappa shape index (κ1) is 11.8. The monoisotopic (exact) mass is 243 g/mol. The molecule has 2 fully saturated rings. The highest BCUT2D eigenvalue weighted by atomic mass is 16.3. The summed E-state index contributed by atoms with van der Waals surface area (Å²) >= 11 is 0. The van der Waals surface area contributed by atoms with E-state index in [0.717, 1.165) is 23.0 Å². The molecule has 0 heterocycles. The van der Waals surface area contributed by atoms with Crippen molar-refractivity contribution in [1.82, 2.24) is 0 Å². The van der Waals surface area contributed by atoms with Gasteiger partial charge in [0, 0.05) is 11.8 Å². The van der Waals surface area contributed by atoms with Crippen LogP contribution in [0.2, 0.25) is 0 Å². The van der Waals surface area contributed by atoms with Crippen LogP contribution in [0.5, 0.6) is 5.75 Å². The van der Waals surface area contributed by atoms with Gasteiger partial charge in [-0.25, -0.2) is 0 Å². The maximum absolute atomic E-state index is 10.0. The second kappa shape index (κ2) is 4.42. The van der Waals surface area contributed by atoms with Crippen LogP contribution >= 0.6 is 0 Å². The van der Waals surface area contributed by atoms with E-state index in [0.29, 0.717) is 11.8 Å². The average molecular weight is 243 g/mol. The van der Waals surface area contributed by atoms with Crippen molar-refractivity contribution in [2.75, 3.05) is 0 Å². The first-order valence-corrected chi connectivity index (χ1v) is 6.97. The fraction of sp³-hybridized carbons (Fsp3) is 0.562. The van der Waals surface area contributed by atoms with Crippen molar-refractivity contribution < 1.29 is 5.11 Å². The first-order valence-electron chi connectivity index (χ1n) is 6.97. The lowest BCUT2D eigenvalue weighted by Gasteiger charge is -2.17. The van der Waals surface area contributed by atoms with Gasteiger partial charge in [0.2, 0.25) is 0 Å². The Morgan fingerprint density at radius 1 is 1.22 bits per heavy atom. The summed E-state index contributed by atoms with van der Waals surface area (Å²) < 4.78 is 0. The summed E-state index contributed by atoms with van der Waals surface area (Å²) in [6.07, 6.45) is 7.28. The molecular weight excluding hydrogens is 222 g/mol. The molecule has 3 rings (SSSR count). The largest absolute Gasteiger partial charge is 0.507 e. The van der Waals surface area contributed by atoms with Gasteiger partial charge in [0.15, 0.2) is 0 Å². The number of phenolic OH excluding ortho intramolecular Hbond substituents is 1. The van der Waals surface area contributed by atoms with E-state index in [1.807, 2.05) is 25.3 Å². The minimum Gasteiger partial charge on any atom is -0.507 e. The highest BCUT2D eigenvalue weighted by Gasteiger charge is 2.39. The molecule has 2 aliphatic rings. The Bertz CT molecular complexity index is 492. The van der Waals surface area contributed by atoms with E-state index in [-0.39, 0.29) is 0 Å². The van der Waals surface area contributed by atoms with Gasteiger partial charge in [-0.3, -0.25) is 4.99 Å². The maximum Gasteiger partial charge on any atom is 0.127 e. The number of aromatic hydroxyl groups is 1. The minimum atomic E-state index is 0.382. The lowest BCUT2D eigenvalue weighted by molar-refractivity contribution is 0.421. The van der Waals surface area contributed by atoms with E-state index in [1.165, 1.54) is 31.2 Å². The van der Waals surface area contributed by atoms with Crippen LogP contribution in [0.1, 0.15) is 42.4 Å². The van der Waals surface area contributed by atoms with Crippen molar-refractivity contribution in [3.8, 4) is 5.75 Å². The van der Waals surface area contributed by atoms with Crippen LogP contribution in [0.4, 0.5) is 0 Å². The Kier molecular flexibility index (Phi) is 2.89. The summed E-state index contributed by atoms with van der Waals surface area (Å²) in [4.78, 5) is 4.73. The Balaban J connectivity index is 1.80. The SMILES string of the molecule is Cc1cc(C)c(O)c(C=NC2CC3CCC2C3)c1. The zero-order valence-corrected chi connectivity index (χ0v) is 11.2. The molecule has 2 nitrogen and oxygen atoms in total. The van der Waals surface area contributed by atoms with E-state index in [4.69, 9.17) is 4.99 Å². The van der Waals surface area contributed by atoms with Crippen LogP contribution in [0.3, 0.4) is 0 Å². The van der Waals surface area contributed by atoms with Gasteiger partial charge in [0.25, 0.3) is 0 Å². The molecule has 0 spiro atoms. The average Bonchev–Trinajstić information content (AvgIpc) is 2.93. The smallest absolute Gasteiger partial charge is 0.127 e. The van der Waals surface area contributed by atoms with Crippen LogP contribution in [0.15, 0.2) is 17.1 Å². The van der Waals surface area contributed by atoms with Gasteiger partial charge in [0.05, 0.1) is 6.04 Å². The fourth-order valence-corrected chi connectivity index (χ4v) is 3.66. The summed E-state index contributed by atoms with van der Waals surface area (Å²) in [7, 11) is 0. The van der Waals surface area contributed by atoms with Crippen molar-refractivity contribution in [3.05, 3.63) is 28.8 Å². The summed E-state index contributed by atoms with van der Waals surface area (Å²) in [5.41, 5.74) is 2.99. The van der Waals surface area contributed by atoms with E-state index >= 15 is 0 Å². The molecule has 96 valence electrons. The normalized spacial score (nSPS) is 30.4. The third-order valence-corrected chi connectivity index (χ3v) is 4.58. The summed E-state index contributed by atoms with van der Waals surface area (Å²) in [5, 5.41) is 10.0. The van der Waals surface area contributed by atoms with Crippen LogP contribution in [-0.2, 0) is 0 Å². The van der Waals surface area contributed by atoms with E-state index < -0.39 is 0 Å². The molecule has 2 aliphatic carbocycles. The maximum atomic E-state index is 10.0. The summed E-state index contributed by atoms with van der Waals surface area (Å²) in [6.45, 7) is 4.00. The topological polar surface area (TPSA) is 32.6 Å². The number of phenols is 1. The standard InChI is InChI=1S/C16H21NO/c1-10-5-11(2)16(18)14(6-10)9-17-15-8-12-3-4-13(15)7-12/h5-6,9,12-13,15,18H,3-4,7-8H2,1-2H3. The highest BCUT2D eigenvalue weighted by molar-refractivity contribution is 5.84. The molecule has 2 saturated carbocycles. The van der Waals surface area contributed by atoms with Crippen molar-refractivity contribution in [3.63, 3.8) is 0 Å². The van der Waals surface area contributed by atoms with Crippen molar-refractivity contribution in [2.24, 2.45) is 16.8 Å². The molecule has 2 heteroatoms. The van der Waals surface area contributed by atoms with E-state index in [2.05, 4.69) is 6.92 Å². The zero-order valence-electron chi connectivity index (χ0n) is 11.2. The van der Waals surface area contributed by atoms with Crippen molar-refractivity contribution in [2.45, 2.75) is 45.6 Å². The number of nitrogens with zero attached hydrogens (tertiary/aromatic N) is 1. The van der Waals surface area contributed by atoms with Gasteiger partial charge >= 0.3 is 0 Å². The molecule has 0 amide bonds. The number of aliphatic imine (C=N–C) groups is 1. The van der Waals surface area contributed by atoms with Gasteiger partial charge in [-0.2, -0.15) is 0 Å². The second-order valence-electron chi connectivity index (χ2n) is 6.04. The van der Waals surface area contributed by atoms with Crippen LogP contribution in [0, 0.1) is 25.7 Å². The Morgan fingerprint density at radius 2 is 2.06 bits per heavy atom. The molecule has 2 bridgehead atoms. The van der Waals surface area contributed by atoms with E-state index in [1.54, 1.807) is 0 Å². The molecule has 1 aromatic rings. The highest BCUT2D eigenvalue weighted by Crippen LogP contribution is 2.45. The second-order valence-corrected chi connectivity index (χ2v) is 6.04. The van der Waals surface area contributed by atoms with Crippen molar-refractivity contribution in [1.29, 1.82) is 0 Å². The van der Waals surface area contributed by atoms with Crippen LogP contribution in [-0.4, -0.2) is 17.4 Å². The molecule has 1 N–H and O–H groups in total. The van der Waals surface area contributed by atoms with Crippen LogP contribution in [0.25, 0.3) is 0 Å². The minimum absolute atomic E-state index is 0.382. The predicted molar refractivity (Wildman–Crippen MR) is 74.4 cm³/mol. The van der Waals surface area contributed by atoms with Gasteiger partial charge in [-0.15, -0.1) is 0 Å². The zero-order chi connectivity index (χ0) is 12.7. The molecule has 3 unspecified atom stereocenters. The summed E-state index contributed by atoms with van der Waals surface area (Å²) in [6, 6.07) is 4.52. The fourth-order valence-electron chi connectivity index (χ4n) is 3.66. The Morgan fingerprint density at radius 3 is 2.72 bits per heavy atom. The number of benzene rings is 1. The lowest BCUT2D eigenvalue weighted by Crippen LogP contribution is -2.14.